The van der Waals surface area contributed by atoms with Crippen LogP contribution in [0.3, 0.4) is 0 Å². The highest BCUT2D eigenvalue weighted by molar-refractivity contribution is 6.12. The molecule has 1 aliphatic rings. The number of benzene rings is 8. The first kappa shape index (κ1) is 29.1. The Balaban J connectivity index is 0.983. The molecule has 1 aromatic heterocycles. The Bertz CT molecular complexity index is 2650. The third kappa shape index (κ3) is 4.90. The molecule has 240 valence electrons. The lowest BCUT2D eigenvalue weighted by molar-refractivity contribution is 0.477. The van der Waals surface area contributed by atoms with Crippen molar-refractivity contribution < 1.29 is 4.74 Å². The van der Waals surface area contributed by atoms with Crippen LogP contribution in [0.25, 0.3) is 60.9 Å². The molecule has 0 bridgehead atoms. The van der Waals surface area contributed by atoms with Crippen molar-refractivity contribution in [3.05, 3.63) is 194 Å². The van der Waals surface area contributed by atoms with Crippen molar-refractivity contribution in [3.8, 4) is 50.6 Å². The third-order valence-electron chi connectivity index (χ3n) is 9.98. The molecule has 0 N–H and O–H groups in total. The van der Waals surface area contributed by atoms with Gasteiger partial charge in [-0.1, -0.05) is 133 Å². The quantitative estimate of drug-likeness (QED) is 0.178. The summed E-state index contributed by atoms with van der Waals surface area (Å²) in [6, 6.07) is 69.0. The molecule has 0 spiro atoms. The van der Waals surface area contributed by atoms with Gasteiger partial charge in [0, 0.05) is 33.4 Å². The molecule has 0 unspecified atom stereocenters. The molecule has 1 aliphatic heterocycles. The monoisotopic (exact) mass is 652 g/mol. The van der Waals surface area contributed by atoms with Crippen LogP contribution in [0.15, 0.2) is 194 Å². The number of ether oxygens (including phenoxy) is 1. The first-order valence-electron chi connectivity index (χ1n) is 17.4. The highest BCUT2D eigenvalue weighted by Crippen LogP contribution is 2.48. The highest BCUT2D eigenvalue weighted by Gasteiger charge is 2.26. The molecule has 9 aromatic rings. The second kappa shape index (κ2) is 11.9. The second-order valence-electron chi connectivity index (χ2n) is 13.0. The molecule has 2 heterocycles. The summed E-state index contributed by atoms with van der Waals surface area (Å²) in [4.78, 5) is 2.29. The van der Waals surface area contributed by atoms with E-state index in [4.69, 9.17) is 4.74 Å². The number of fused-ring (bicyclic) bond motifs is 5. The predicted molar refractivity (Wildman–Crippen MR) is 212 cm³/mol. The Morgan fingerprint density at radius 2 is 0.902 bits per heavy atom. The van der Waals surface area contributed by atoms with Crippen LogP contribution in [0, 0.1) is 0 Å². The topological polar surface area (TPSA) is 17.4 Å². The van der Waals surface area contributed by atoms with Gasteiger partial charge in [-0.15, -0.1) is 0 Å². The SMILES string of the molecule is c1ccc(N(c2ccccc2)c2ccc(-c3ccc(-c4cccc(-c5cccc6c5-n5c7ccccc7c7cccc(c75)O6)c4)cc3)cc2)cc1. The summed E-state index contributed by atoms with van der Waals surface area (Å²) < 4.78 is 8.94. The molecule has 0 amide bonds. The van der Waals surface area contributed by atoms with E-state index in [2.05, 4.69) is 204 Å². The van der Waals surface area contributed by atoms with Crippen molar-refractivity contribution in [2.75, 3.05) is 4.90 Å². The average Bonchev–Trinajstić information content (AvgIpc) is 3.55. The fourth-order valence-corrected chi connectivity index (χ4v) is 7.61. The largest absolute Gasteiger partial charge is 0.453 e. The molecular weight excluding hydrogens is 621 g/mol. The van der Waals surface area contributed by atoms with Gasteiger partial charge in [0.1, 0.15) is 0 Å². The Morgan fingerprint density at radius 1 is 0.373 bits per heavy atom. The minimum atomic E-state index is 0.866. The van der Waals surface area contributed by atoms with Crippen LogP contribution < -0.4 is 9.64 Å². The summed E-state index contributed by atoms with van der Waals surface area (Å²) in [6.45, 7) is 0. The molecule has 3 heteroatoms. The molecule has 0 radical (unpaired) electrons. The minimum absolute atomic E-state index is 0.866. The molecule has 3 nitrogen and oxygen atoms in total. The Kier molecular flexibility index (Phi) is 6.81. The van der Waals surface area contributed by atoms with Crippen molar-refractivity contribution in [1.82, 2.24) is 4.57 Å². The van der Waals surface area contributed by atoms with Crippen LogP contribution in [0.4, 0.5) is 17.1 Å². The second-order valence-corrected chi connectivity index (χ2v) is 13.0. The minimum Gasteiger partial charge on any atom is -0.453 e. The summed E-state index contributed by atoms with van der Waals surface area (Å²) >= 11 is 0. The number of nitrogens with zero attached hydrogens (tertiary/aromatic N) is 2. The van der Waals surface area contributed by atoms with Crippen LogP contribution in [-0.4, -0.2) is 4.57 Å². The van der Waals surface area contributed by atoms with E-state index in [1.165, 1.54) is 38.5 Å². The lowest BCUT2D eigenvalue weighted by Crippen LogP contribution is -2.09. The van der Waals surface area contributed by atoms with Crippen molar-refractivity contribution >= 4 is 38.9 Å². The Morgan fingerprint density at radius 3 is 1.63 bits per heavy atom. The van der Waals surface area contributed by atoms with Gasteiger partial charge in [0.25, 0.3) is 0 Å². The van der Waals surface area contributed by atoms with Crippen LogP contribution in [0.2, 0.25) is 0 Å². The average molecular weight is 653 g/mol. The molecule has 0 fully saturated rings. The lowest BCUT2D eigenvalue weighted by Gasteiger charge is -2.25. The van der Waals surface area contributed by atoms with E-state index in [-0.39, 0.29) is 0 Å². The van der Waals surface area contributed by atoms with Crippen molar-refractivity contribution in [2.45, 2.75) is 0 Å². The number of rotatable bonds is 6. The number of hydrogen-bond acceptors (Lipinski definition) is 2. The first-order chi connectivity index (χ1) is 25.3. The van der Waals surface area contributed by atoms with E-state index >= 15 is 0 Å². The summed E-state index contributed by atoms with van der Waals surface area (Å²) in [7, 11) is 0. The Hall–Kier alpha value is -6.84. The van der Waals surface area contributed by atoms with Gasteiger partial charge in [0.15, 0.2) is 11.5 Å². The Labute approximate surface area is 296 Å². The number of para-hydroxylation sites is 5. The third-order valence-corrected chi connectivity index (χ3v) is 9.98. The van der Waals surface area contributed by atoms with Crippen LogP contribution in [0.1, 0.15) is 0 Å². The van der Waals surface area contributed by atoms with Crippen molar-refractivity contribution in [1.29, 1.82) is 0 Å². The van der Waals surface area contributed by atoms with Gasteiger partial charge in [-0.25, -0.2) is 0 Å². The van der Waals surface area contributed by atoms with E-state index < -0.39 is 0 Å². The standard InChI is InChI=1S/C48H32N2O/c1-3-14-38(15-4-1)49(39-16-5-2-6-17-39)40-30-28-34(29-31-40)33-24-26-35(27-25-33)36-12-9-13-37(32-36)41-19-10-22-45-47(41)50-44-21-8-7-18-42(44)43-20-11-23-46(51-45)48(43)50/h1-32H. The summed E-state index contributed by atoms with van der Waals surface area (Å²) in [5.74, 6) is 1.76. The molecule has 8 aromatic carbocycles. The van der Waals surface area contributed by atoms with E-state index in [9.17, 15) is 0 Å². The molecule has 0 saturated carbocycles. The predicted octanol–water partition coefficient (Wildman–Crippen LogP) is 13.4. The molecular formula is C48H32N2O. The van der Waals surface area contributed by atoms with E-state index in [1.54, 1.807) is 0 Å². The lowest BCUT2D eigenvalue weighted by atomic mass is 9.96. The van der Waals surface area contributed by atoms with Gasteiger partial charge in [-0.05, 0) is 88.5 Å². The van der Waals surface area contributed by atoms with Crippen LogP contribution in [-0.2, 0) is 0 Å². The van der Waals surface area contributed by atoms with E-state index in [0.29, 0.717) is 0 Å². The zero-order chi connectivity index (χ0) is 33.7. The molecule has 0 atom stereocenters. The zero-order valence-electron chi connectivity index (χ0n) is 27.8. The maximum absolute atomic E-state index is 6.55. The normalized spacial score (nSPS) is 11.7. The fourth-order valence-electron chi connectivity index (χ4n) is 7.61. The van der Waals surface area contributed by atoms with Gasteiger partial charge in [-0.3, -0.25) is 0 Å². The van der Waals surface area contributed by atoms with E-state index in [0.717, 1.165) is 50.9 Å². The van der Waals surface area contributed by atoms with Gasteiger partial charge < -0.3 is 14.2 Å². The molecule has 10 rings (SSSR count). The maximum atomic E-state index is 6.55. The molecule has 0 saturated heterocycles. The summed E-state index contributed by atoms with van der Waals surface area (Å²) in [6.07, 6.45) is 0. The van der Waals surface area contributed by atoms with Crippen LogP contribution in [0.5, 0.6) is 11.5 Å². The number of anilines is 3. The number of aromatic nitrogens is 1. The maximum Gasteiger partial charge on any atom is 0.152 e. The first-order valence-corrected chi connectivity index (χ1v) is 17.4. The van der Waals surface area contributed by atoms with Gasteiger partial charge in [0.05, 0.1) is 16.7 Å². The molecule has 0 aliphatic carbocycles. The summed E-state index contributed by atoms with van der Waals surface area (Å²) in [5.41, 5.74) is 13.8. The van der Waals surface area contributed by atoms with Gasteiger partial charge in [-0.2, -0.15) is 0 Å². The fraction of sp³-hybridized carbons (Fsp3) is 0. The van der Waals surface area contributed by atoms with Crippen molar-refractivity contribution in [2.24, 2.45) is 0 Å². The van der Waals surface area contributed by atoms with E-state index in [1.807, 2.05) is 0 Å². The summed E-state index contributed by atoms with van der Waals surface area (Å²) in [5, 5.41) is 2.44. The van der Waals surface area contributed by atoms with Gasteiger partial charge >= 0.3 is 0 Å². The highest BCUT2D eigenvalue weighted by atomic mass is 16.5. The number of hydrogen-bond donors (Lipinski definition) is 0. The zero-order valence-corrected chi connectivity index (χ0v) is 27.8. The van der Waals surface area contributed by atoms with Gasteiger partial charge in [0.2, 0.25) is 0 Å². The smallest absolute Gasteiger partial charge is 0.152 e. The van der Waals surface area contributed by atoms with Crippen LogP contribution >= 0.6 is 0 Å². The van der Waals surface area contributed by atoms with Crippen molar-refractivity contribution in [3.63, 3.8) is 0 Å². The molecule has 51 heavy (non-hydrogen) atoms.